The zero-order valence-electron chi connectivity index (χ0n) is 17.1. The fourth-order valence-electron chi connectivity index (χ4n) is 3.85. The molecule has 10 heteroatoms. The third kappa shape index (κ3) is 4.08. The van der Waals surface area contributed by atoms with Gasteiger partial charge in [0, 0.05) is 48.7 Å². The molecule has 0 aromatic carbocycles. The number of amides is 1. The second kappa shape index (κ2) is 8.56. The Morgan fingerprint density at radius 2 is 2.23 bits per heavy atom. The van der Waals surface area contributed by atoms with Gasteiger partial charge in [0.2, 0.25) is 0 Å². The molecule has 1 amide bonds. The summed E-state index contributed by atoms with van der Waals surface area (Å²) < 4.78 is 7.45. The van der Waals surface area contributed by atoms with Gasteiger partial charge in [-0.25, -0.2) is 4.98 Å². The van der Waals surface area contributed by atoms with Crippen LogP contribution in [0.25, 0.3) is 10.6 Å². The molecule has 2 aliphatic heterocycles. The Labute approximate surface area is 183 Å². The van der Waals surface area contributed by atoms with Crippen molar-refractivity contribution in [3.05, 3.63) is 47.5 Å². The van der Waals surface area contributed by atoms with Crippen LogP contribution in [0.4, 0.5) is 5.69 Å². The highest BCUT2D eigenvalue weighted by Gasteiger charge is 2.28. The van der Waals surface area contributed by atoms with Gasteiger partial charge >= 0.3 is 0 Å². The minimum atomic E-state index is -0.262. The van der Waals surface area contributed by atoms with Crippen molar-refractivity contribution in [3.63, 3.8) is 0 Å². The maximum Gasteiger partial charge on any atom is 0.275 e. The zero-order valence-corrected chi connectivity index (χ0v) is 17.9. The van der Waals surface area contributed by atoms with Crippen LogP contribution in [0.5, 0.6) is 0 Å². The van der Waals surface area contributed by atoms with Crippen molar-refractivity contribution in [1.29, 1.82) is 0 Å². The lowest BCUT2D eigenvalue weighted by atomic mass is 9.96. The van der Waals surface area contributed by atoms with Gasteiger partial charge < -0.3 is 10.1 Å². The van der Waals surface area contributed by atoms with Crippen LogP contribution >= 0.6 is 11.3 Å². The van der Waals surface area contributed by atoms with Crippen molar-refractivity contribution in [3.8, 4) is 10.6 Å². The summed E-state index contributed by atoms with van der Waals surface area (Å²) in [5.74, 6) is -0.0765. The van der Waals surface area contributed by atoms with E-state index in [0.29, 0.717) is 11.4 Å². The zero-order chi connectivity index (χ0) is 21.2. The first-order valence-corrected chi connectivity index (χ1v) is 11.2. The number of thiazole rings is 1. The molecule has 5 heterocycles. The average molecular weight is 438 g/mol. The van der Waals surface area contributed by atoms with Gasteiger partial charge in [0.05, 0.1) is 17.9 Å². The number of hydrogen-bond donors (Lipinski definition) is 2. The molecular formula is C21H23N7O2S. The summed E-state index contributed by atoms with van der Waals surface area (Å²) in [5, 5.41) is 17.1. The molecule has 2 aliphatic rings. The van der Waals surface area contributed by atoms with E-state index in [4.69, 9.17) is 9.84 Å². The Hall–Kier alpha value is -3.11. The van der Waals surface area contributed by atoms with Gasteiger partial charge in [0.25, 0.3) is 5.91 Å². The number of hydrogen-bond acceptors (Lipinski definition) is 7. The van der Waals surface area contributed by atoms with Crippen LogP contribution in [-0.2, 0) is 4.74 Å². The molecule has 0 bridgehead atoms. The van der Waals surface area contributed by atoms with Crippen LogP contribution in [0.15, 0.2) is 41.1 Å². The van der Waals surface area contributed by atoms with E-state index in [0.717, 1.165) is 42.3 Å². The predicted molar refractivity (Wildman–Crippen MR) is 119 cm³/mol. The maximum absolute atomic E-state index is 13.0. The van der Waals surface area contributed by atoms with Crippen molar-refractivity contribution < 1.29 is 9.53 Å². The number of rotatable bonds is 5. The number of aromatic nitrogens is 5. The normalized spacial score (nSPS) is 21.5. The van der Waals surface area contributed by atoms with E-state index in [2.05, 4.69) is 38.5 Å². The van der Waals surface area contributed by atoms with Gasteiger partial charge in [-0.05, 0) is 18.9 Å². The third-order valence-electron chi connectivity index (χ3n) is 5.58. The van der Waals surface area contributed by atoms with E-state index in [-0.39, 0.29) is 23.9 Å². The van der Waals surface area contributed by atoms with Crippen LogP contribution in [0.1, 0.15) is 48.0 Å². The summed E-state index contributed by atoms with van der Waals surface area (Å²) in [7, 11) is 0. The van der Waals surface area contributed by atoms with E-state index in [1.165, 1.54) is 11.3 Å². The topological polar surface area (TPSA) is 110 Å². The van der Waals surface area contributed by atoms with Crippen molar-refractivity contribution in [2.75, 3.05) is 18.5 Å². The minimum absolute atomic E-state index is 0.140. The molecule has 1 saturated heterocycles. The molecule has 9 nitrogen and oxygen atoms in total. The monoisotopic (exact) mass is 437 g/mol. The van der Waals surface area contributed by atoms with Crippen molar-refractivity contribution in [2.24, 2.45) is 10.9 Å². The lowest BCUT2D eigenvalue weighted by Gasteiger charge is -2.22. The average Bonchev–Trinajstić information content (AvgIpc) is 3.55. The first-order valence-electron chi connectivity index (χ1n) is 10.3. The standard InChI is InChI=1S/C21H23N7O2S/c1-13-3-2-6-22-18(13)19-16(11-28(27-19)15-4-7-30-8-5-15)25-20(29)17-12-31-21(26-17)14-9-23-24-10-14/h2-3,6,9-13,15,18H,4-5,7-8H2,1H3,(H,23,24)(H,25,29). The minimum Gasteiger partial charge on any atom is -0.381 e. The Balaban J connectivity index is 1.42. The molecule has 160 valence electrons. The fourth-order valence-corrected chi connectivity index (χ4v) is 4.63. The predicted octanol–water partition coefficient (Wildman–Crippen LogP) is 3.65. The number of aliphatic imine (C=N–C) groups is 1. The molecule has 0 radical (unpaired) electrons. The number of nitrogens with zero attached hydrogens (tertiary/aromatic N) is 5. The van der Waals surface area contributed by atoms with E-state index in [1.807, 2.05) is 17.0 Å². The van der Waals surface area contributed by atoms with Crippen LogP contribution < -0.4 is 5.32 Å². The van der Waals surface area contributed by atoms with E-state index >= 15 is 0 Å². The van der Waals surface area contributed by atoms with Crippen LogP contribution in [-0.4, -0.2) is 50.3 Å². The Morgan fingerprint density at radius 1 is 1.35 bits per heavy atom. The number of anilines is 1. The first-order chi connectivity index (χ1) is 15.2. The van der Waals surface area contributed by atoms with Crippen molar-refractivity contribution in [1.82, 2.24) is 25.0 Å². The van der Waals surface area contributed by atoms with Gasteiger partial charge in [0.15, 0.2) is 0 Å². The second-order valence-electron chi connectivity index (χ2n) is 7.72. The number of carbonyl (C=O) groups excluding carboxylic acids is 1. The summed E-state index contributed by atoms with van der Waals surface area (Å²) >= 11 is 1.41. The number of ether oxygens (including phenoxy) is 1. The lowest BCUT2D eigenvalue weighted by Crippen LogP contribution is -2.20. The molecular weight excluding hydrogens is 414 g/mol. The van der Waals surface area contributed by atoms with Gasteiger partial charge in [-0.3, -0.25) is 19.6 Å². The molecule has 2 atom stereocenters. The SMILES string of the molecule is CC1C=CC=NC1c1nn(C2CCOCC2)cc1NC(=O)c1csc(-c2cn[nH]c2)n1. The second-order valence-corrected chi connectivity index (χ2v) is 8.58. The Bertz CT molecular complexity index is 1110. The first kappa shape index (κ1) is 19.8. The van der Waals surface area contributed by atoms with E-state index in [1.54, 1.807) is 24.0 Å². The van der Waals surface area contributed by atoms with Crippen molar-refractivity contribution in [2.45, 2.75) is 31.8 Å². The molecule has 3 aromatic rings. The highest BCUT2D eigenvalue weighted by atomic mass is 32.1. The molecule has 0 saturated carbocycles. The van der Waals surface area contributed by atoms with Crippen LogP contribution in [0.2, 0.25) is 0 Å². The van der Waals surface area contributed by atoms with Crippen molar-refractivity contribution >= 4 is 29.1 Å². The molecule has 31 heavy (non-hydrogen) atoms. The number of aromatic amines is 1. The highest BCUT2D eigenvalue weighted by molar-refractivity contribution is 7.13. The van der Waals surface area contributed by atoms with E-state index < -0.39 is 0 Å². The summed E-state index contributed by atoms with van der Waals surface area (Å²) in [6.07, 6.45) is 13.0. The quantitative estimate of drug-likeness (QED) is 0.633. The third-order valence-corrected chi connectivity index (χ3v) is 6.47. The molecule has 2 unspecified atom stereocenters. The molecule has 5 rings (SSSR count). The maximum atomic E-state index is 13.0. The number of nitrogens with one attached hydrogen (secondary N) is 2. The fraction of sp³-hybridized carbons (Fsp3) is 0.381. The lowest BCUT2D eigenvalue weighted by molar-refractivity contribution is 0.0661. The summed E-state index contributed by atoms with van der Waals surface area (Å²) in [5.41, 5.74) is 2.68. The van der Waals surface area contributed by atoms with Crippen LogP contribution in [0.3, 0.4) is 0 Å². The van der Waals surface area contributed by atoms with E-state index in [9.17, 15) is 4.79 Å². The largest absolute Gasteiger partial charge is 0.381 e. The Morgan fingerprint density at radius 3 is 3.00 bits per heavy atom. The summed E-state index contributed by atoms with van der Waals surface area (Å²) in [6, 6.07) is 0.113. The number of H-pyrrole nitrogens is 1. The summed E-state index contributed by atoms with van der Waals surface area (Å²) in [4.78, 5) is 22.1. The Kier molecular flexibility index (Phi) is 5.47. The number of allylic oxidation sites excluding steroid dienone is 1. The summed E-state index contributed by atoms with van der Waals surface area (Å²) in [6.45, 7) is 3.55. The van der Waals surface area contributed by atoms with Gasteiger partial charge in [-0.1, -0.05) is 13.0 Å². The van der Waals surface area contributed by atoms with Crippen LogP contribution in [0, 0.1) is 5.92 Å². The molecule has 0 spiro atoms. The number of dihydropyridines is 1. The van der Waals surface area contributed by atoms with Gasteiger partial charge in [-0.15, -0.1) is 11.3 Å². The number of carbonyl (C=O) groups is 1. The smallest absolute Gasteiger partial charge is 0.275 e. The molecule has 2 N–H and O–H groups in total. The van der Waals surface area contributed by atoms with Gasteiger partial charge in [-0.2, -0.15) is 10.2 Å². The highest BCUT2D eigenvalue weighted by Crippen LogP contribution is 2.35. The molecule has 3 aromatic heterocycles. The molecule has 1 fully saturated rings. The van der Waals surface area contributed by atoms with Gasteiger partial charge in [0.1, 0.15) is 22.4 Å². The molecule has 0 aliphatic carbocycles.